The molecule has 2 rings (SSSR count). The molecule has 0 aliphatic carbocycles. The summed E-state index contributed by atoms with van der Waals surface area (Å²) in [6, 6.07) is 0.147. The lowest BCUT2D eigenvalue weighted by Gasteiger charge is -2.42. The molecule has 0 amide bonds. The van der Waals surface area contributed by atoms with E-state index in [4.69, 9.17) is 4.74 Å². The van der Waals surface area contributed by atoms with Crippen molar-refractivity contribution < 1.29 is 14.6 Å². The van der Waals surface area contributed by atoms with E-state index in [2.05, 4.69) is 11.8 Å². The molecule has 4 heteroatoms. The minimum absolute atomic E-state index is 0.271. The van der Waals surface area contributed by atoms with Crippen molar-refractivity contribution in [3.8, 4) is 0 Å². The van der Waals surface area contributed by atoms with Crippen LogP contribution in [0.4, 0.5) is 0 Å². The number of carbonyl (C=O) groups is 1. The van der Waals surface area contributed by atoms with Crippen molar-refractivity contribution in [2.24, 2.45) is 5.92 Å². The number of likely N-dealkylation sites (tertiary alicyclic amines) is 1. The van der Waals surface area contributed by atoms with Gasteiger partial charge in [-0.25, -0.2) is 0 Å². The molecule has 92 valence electrons. The number of aliphatic carboxylic acids is 1. The first kappa shape index (κ1) is 11.9. The van der Waals surface area contributed by atoms with Crippen molar-refractivity contribution in [3.63, 3.8) is 0 Å². The summed E-state index contributed by atoms with van der Waals surface area (Å²) in [5, 5.41) is 9.28. The van der Waals surface area contributed by atoms with Crippen LogP contribution in [0.1, 0.15) is 32.6 Å². The Bertz CT molecular complexity index is 251. The second-order valence-corrected chi connectivity index (χ2v) is 5.06. The fraction of sp³-hybridized carbons (Fsp3) is 0.917. The number of nitrogens with zero attached hydrogens (tertiary/aromatic N) is 1. The summed E-state index contributed by atoms with van der Waals surface area (Å²) in [5.41, 5.74) is 0. The molecule has 4 nitrogen and oxygen atoms in total. The van der Waals surface area contributed by atoms with E-state index >= 15 is 0 Å². The van der Waals surface area contributed by atoms with Gasteiger partial charge >= 0.3 is 5.97 Å². The summed E-state index contributed by atoms with van der Waals surface area (Å²) in [6.07, 6.45) is 3.89. The summed E-state index contributed by atoms with van der Waals surface area (Å²) in [5.74, 6) is -0.116. The van der Waals surface area contributed by atoms with Crippen LogP contribution in [-0.4, -0.2) is 47.8 Å². The average Bonchev–Trinajstić information content (AvgIpc) is 2.30. The van der Waals surface area contributed by atoms with Gasteiger partial charge in [0.05, 0.1) is 0 Å². The summed E-state index contributed by atoms with van der Waals surface area (Å²) in [6.45, 7) is 4.65. The maximum Gasteiger partial charge on any atom is 0.320 e. The van der Waals surface area contributed by atoms with Gasteiger partial charge in [-0.2, -0.15) is 0 Å². The van der Waals surface area contributed by atoms with Gasteiger partial charge in [-0.15, -0.1) is 0 Å². The Kier molecular flexibility index (Phi) is 3.82. The molecule has 0 bridgehead atoms. The summed E-state index contributed by atoms with van der Waals surface area (Å²) in [4.78, 5) is 13.5. The van der Waals surface area contributed by atoms with Crippen LogP contribution < -0.4 is 0 Å². The summed E-state index contributed by atoms with van der Waals surface area (Å²) >= 11 is 0. The predicted molar refractivity (Wildman–Crippen MR) is 60.4 cm³/mol. The average molecular weight is 227 g/mol. The zero-order valence-electron chi connectivity index (χ0n) is 9.89. The van der Waals surface area contributed by atoms with Gasteiger partial charge in [0.2, 0.25) is 0 Å². The molecule has 0 aromatic carbocycles. The third kappa shape index (κ3) is 2.55. The first-order chi connectivity index (χ1) is 7.68. The van der Waals surface area contributed by atoms with E-state index in [0.29, 0.717) is 12.0 Å². The van der Waals surface area contributed by atoms with Gasteiger partial charge in [0.25, 0.3) is 0 Å². The Morgan fingerprint density at radius 3 is 2.62 bits per heavy atom. The molecule has 2 fully saturated rings. The molecule has 2 atom stereocenters. The van der Waals surface area contributed by atoms with E-state index in [1.165, 1.54) is 0 Å². The molecule has 2 unspecified atom stereocenters. The molecule has 2 aliphatic rings. The van der Waals surface area contributed by atoms with Crippen LogP contribution in [0.5, 0.6) is 0 Å². The van der Waals surface area contributed by atoms with E-state index in [1.807, 2.05) is 0 Å². The lowest BCUT2D eigenvalue weighted by atomic mass is 9.90. The Hall–Kier alpha value is -0.610. The van der Waals surface area contributed by atoms with Crippen molar-refractivity contribution in [1.29, 1.82) is 0 Å². The van der Waals surface area contributed by atoms with Crippen LogP contribution in [0.15, 0.2) is 0 Å². The topological polar surface area (TPSA) is 49.8 Å². The van der Waals surface area contributed by atoms with Crippen molar-refractivity contribution in [2.75, 3.05) is 19.8 Å². The minimum atomic E-state index is -0.655. The van der Waals surface area contributed by atoms with Crippen LogP contribution in [0, 0.1) is 5.92 Å². The number of carboxylic acids is 1. The number of carboxylic acid groups (broad SMARTS) is 1. The van der Waals surface area contributed by atoms with Gasteiger partial charge in [-0.3, -0.25) is 9.69 Å². The van der Waals surface area contributed by atoms with E-state index in [9.17, 15) is 9.90 Å². The Labute approximate surface area is 96.6 Å². The molecule has 0 aromatic heterocycles. The maximum absolute atomic E-state index is 11.3. The second-order valence-electron chi connectivity index (χ2n) is 5.06. The predicted octanol–water partition coefficient (Wildman–Crippen LogP) is 1.35. The quantitative estimate of drug-likeness (QED) is 0.773. The van der Waals surface area contributed by atoms with Crippen LogP contribution in [0.2, 0.25) is 0 Å². The van der Waals surface area contributed by atoms with Gasteiger partial charge in [-0.1, -0.05) is 6.92 Å². The van der Waals surface area contributed by atoms with Crippen molar-refractivity contribution in [1.82, 2.24) is 4.90 Å². The van der Waals surface area contributed by atoms with E-state index in [0.717, 1.165) is 45.4 Å². The van der Waals surface area contributed by atoms with Gasteiger partial charge in [0.1, 0.15) is 6.04 Å². The molecule has 0 spiro atoms. The van der Waals surface area contributed by atoms with E-state index < -0.39 is 5.97 Å². The lowest BCUT2D eigenvalue weighted by Crippen LogP contribution is -2.53. The molecule has 0 aromatic rings. The highest BCUT2D eigenvalue weighted by molar-refractivity contribution is 5.73. The monoisotopic (exact) mass is 227 g/mol. The van der Waals surface area contributed by atoms with Crippen molar-refractivity contribution in [2.45, 2.75) is 44.7 Å². The highest BCUT2D eigenvalue weighted by Crippen LogP contribution is 2.27. The normalized spacial score (nSPS) is 33.8. The van der Waals surface area contributed by atoms with Gasteiger partial charge < -0.3 is 9.84 Å². The zero-order valence-corrected chi connectivity index (χ0v) is 9.89. The van der Waals surface area contributed by atoms with Crippen LogP contribution in [-0.2, 0) is 9.53 Å². The molecule has 2 saturated heterocycles. The van der Waals surface area contributed by atoms with Crippen LogP contribution >= 0.6 is 0 Å². The minimum Gasteiger partial charge on any atom is -0.480 e. The van der Waals surface area contributed by atoms with Crippen LogP contribution in [0.3, 0.4) is 0 Å². The van der Waals surface area contributed by atoms with E-state index in [-0.39, 0.29) is 6.04 Å². The number of piperidine rings is 1. The SMILES string of the molecule is CC1CCN(C2CCOCC2)C(C(=O)O)C1. The third-order valence-electron chi connectivity index (χ3n) is 3.85. The Morgan fingerprint density at radius 1 is 1.31 bits per heavy atom. The molecule has 1 N–H and O–H groups in total. The standard InChI is InChI=1S/C12H21NO3/c1-9-2-5-13(11(8-9)12(14)15)10-3-6-16-7-4-10/h9-11H,2-8H2,1H3,(H,14,15). The van der Waals surface area contributed by atoms with Gasteiger partial charge in [0, 0.05) is 19.3 Å². The molecule has 0 radical (unpaired) electrons. The number of hydrogen-bond donors (Lipinski definition) is 1. The molecule has 16 heavy (non-hydrogen) atoms. The lowest BCUT2D eigenvalue weighted by molar-refractivity contribution is -0.147. The molecular weight excluding hydrogens is 206 g/mol. The van der Waals surface area contributed by atoms with Crippen LogP contribution in [0.25, 0.3) is 0 Å². The Morgan fingerprint density at radius 2 is 2.00 bits per heavy atom. The fourth-order valence-corrected chi connectivity index (χ4v) is 2.86. The fourth-order valence-electron chi connectivity index (χ4n) is 2.86. The zero-order chi connectivity index (χ0) is 11.5. The molecule has 2 heterocycles. The highest BCUT2D eigenvalue weighted by Gasteiger charge is 2.36. The first-order valence-electron chi connectivity index (χ1n) is 6.24. The first-order valence-corrected chi connectivity index (χ1v) is 6.24. The smallest absolute Gasteiger partial charge is 0.320 e. The third-order valence-corrected chi connectivity index (χ3v) is 3.85. The maximum atomic E-state index is 11.3. The highest BCUT2D eigenvalue weighted by atomic mass is 16.5. The van der Waals surface area contributed by atoms with E-state index in [1.54, 1.807) is 0 Å². The summed E-state index contributed by atoms with van der Waals surface area (Å²) in [7, 11) is 0. The van der Waals surface area contributed by atoms with Gasteiger partial charge in [0.15, 0.2) is 0 Å². The number of hydrogen-bond acceptors (Lipinski definition) is 3. The van der Waals surface area contributed by atoms with Gasteiger partial charge in [-0.05, 0) is 38.1 Å². The summed E-state index contributed by atoms with van der Waals surface area (Å²) < 4.78 is 5.33. The van der Waals surface area contributed by atoms with Crippen molar-refractivity contribution in [3.05, 3.63) is 0 Å². The number of ether oxygens (including phenoxy) is 1. The largest absolute Gasteiger partial charge is 0.480 e. The number of rotatable bonds is 2. The molecular formula is C12H21NO3. The van der Waals surface area contributed by atoms with Crippen molar-refractivity contribution >= 4 is 5.97 Å². The molecule has 2 aliphatic heterocycles. The molecule has 0 saturated carbocycles. The second kappa shape index (κ2) is 5.15. The Balaban J connectivity index is 2.02.